The second-order valence-electron chi connectivity index (χ2n) is 7.33. The monoisotopic (exact) mass is 424 g/mol. The van der Waals surface area contributed by atoms with Crippen molar-refractivity contribution >= 4 is 33.0 Å². The predicted octanol–water partition coefficient (Wildman–Crippen LogP) is 0.570. The minimum atomic E-state index is -3.11. The molecule has 0 spiro atoms. The van der Waals surface area contributed by atoms with Crippen molar-refractivity contribution < 1.29 is 22.9 Å². The number of nitro groups is 1. The summed E-state index contributed by atoms with van der Waals surface area (Å²) >= 11 is 0. The van der Waals surface area contributed by atoms with Gasteiger partial charge in [-0.1, -0.05) is 0 Å². The largest absolute Gasteiger partial charge is 0.366 e. The lowest BCUT2D eigenvalue weighted by Gasteiger charge is -2.29. The van der Waals surface area contributed by atoms with E-state index in [-0.39, 0.29) is 41.8 Å². The number of anilines is 1. The Balaban J connectivity index is 1.69. The molecule has 0 bridgehead atoms. The van der Waals surface area contributed by atoms with Gasteiger partial charge < -0.3 is 15.1 Å². The number of benzene rings is 1. The molecule has 0 radical (unpaired) electrons. The van der Waals surface area contributed by atoms with E-state index in [2.05, 4.69) is 5.32 Å². The highest BCUT2D eigenvalue weighted by atomic mass is 32.2. The van der Waals surface area contributed by atoms with Crippen molar-refractivity contribution in [3.8, 4) is 0 Å². The van der Waals surface area contributed by atoms with E-state index in [0.29, 0.717) is 5.69 Å². The molecular formula is C18H24N4O6S. The van der Waals surface area contributed by atoms with Gasteiger partial charge in [0.25, 0.3) is 11.6 Å². The second kappa shape index (κ2) is 8.36. The number of hydrogen-bond donors (Lipinski definition) is 1. The summed E-state index contributed by atoms with van der Waals surface area (Å²) < 4.78 is 23.0. The van der Waals surface area contributed by atoms with Crippen LogP contribution in [0.2, 0.25) is 0 Å². The van der Waals surface area contributed by atoms with Gasteiger partial charge in [-0.15, -0.1) is 0 Å². The van der Waals surface area contributed by atoms with E-state index >= 15 is 0 Å². The first-order valence-electron chi connectivity index (χ1n) is 9.51. The van der Waals surface area contributed by atoms with Crippen LogP contribution >= 0.6 is 0 Å². The Labute approximate surface area is 168 Å². The molecule has 2 saturated heterocycles. The summed E-state index contributed by atoms with van der Waals surface area (Å²) in [5.41, 5.74) is 0.447. The molecule has 0 saturated carbocycles. The number of nitrogens with one attached hydrogen (secondary N) is 1. The van der Waals surface area contributed by atoms with Gasteiger partial charge in [0, 0.05) is 37.8 Å². The van der Waals surface area contributed by atoms with Crippen molar-refractivity contribution in [3.63, 3.8) is 0 Å². The fourth-order valence-electron chi connectivity index (χ4n) is 3.58. The molecule has 0 aliphatic carbocycles. The summed E-state index contributed by atoms with van der Waals surface area (Å²) in [7, 11) is -3.11. The van der Waals surface area contributed by atoms with Gasteiger partial charge in [-0.2, -0.15) is 0 Å². The van der Waals surface area contributed by atoms with E-state index in [9.17, 15) is 28.1 Å². The molecule has 2 amide bonds. The molecule has 1 N–H and O–H groups in total. The molecular weight excluding hydrogens is 400 g/mol. The summed E-state index contributed by atoms with van der Waals surface area (Å²) in [4.78, 5) is 39.3. The molecule has 10 nitrogen and oxygen atoms in total. The van der Waals surface area contributed by atoms with Gasteiger partial charge in [-0.25, -0.2) is 8.42 Å². The fourth-order valence-corrected chi connectivity index (χ4v) is 4.79. The number of nitrogens with zero attached hydrogens (tertiary/aromatic N) is 3. The van der Waals surface area contributed by atoms with Crippen LogP contribution in [-0.2, 0) is 14.6 Å². The molecule has 1 aromatic carbocycles. The smallest absolute Gasteiger partial charge is 0.293 e. The van der Waals surface area contributed by atoms with Gasteiger partial charge in [0.1, 0.15) is 11.7 Å². The minimum absolute atomic E-state index is 0.0937. The Morgan fingerprint density at radius 1 is 1.14 bits per heavy atom. The van der Waals surface area contributed by atoms with Gasteiger partial charge in [0.2, 0.25) is 5.91 Å². The lowest BCUT2D eigenvalue weighted by atomic mass is 10.1. The van der Waals surface area contributed by atoms with Gasteiger partial charge in [-0.05, 0) is 31.9 Å². The number of nitro benzene ring substituents is 1. The van der Waals surface area contributed by atoms with Crippen LogP contribution in [0, 0.1) is 10.1 Å². The minimum Gasteiger partial charge on any atom is -0.366 e. The van der Waals surface area contributed by atoms with Crippen molar-refractivity contribution in [1.29, 1.82) is 0 Å². The molecule has 29 heavy (non-hydrogen) atoms. The Morgan fingerprint density at radius 2 is 1.76 bits per heavy atom. The van der Waals surface area contributed by atoms with E-state index in [1.54, 1.807) is 6.07 Å². The van der Waals surface area contributed by atoms with E-state index in [1.165, 1.54) is 24.0 Å². The summed E-state index contributed by atoms with van der Waals surface area (Å²) in [5.74, 6) is -1.16. The van der Waals surface area contributed by atoms with Crippen LogP contribution in [0.3, 0.4) is 0 Å². The van der Waals surface area contributed by atoms with Crippen molar-refractivity contribution in [3.05, 3.63) is 33.9 Å². The first-order chi connectivity index (χ1) is 13.7. The van der Waals surface area contributed by atoms with E-state index < -0.39 is 26.7 Å². The zero-order chi connectivity index (χ0) is 21.2. The van der Waals surface area contributed by atoms with Crippen LogP contribution < -0.4 is 10.2 Å². The van der Waals surface area contributed by atoms with Crippen molar-refractivity contribution in [1.82, 2.24) is 10.2 Å². The Kier molecular flexibility index (Phi) is 6.06. The van der Waals surface area contributed by atoms with Gasteiger partial charge in [0.15, 0.2) is 9.84 Å². The van der Waals surface area contributed by atoms with E-state index in [1.807, 2.05) is 4.90 Å². The number of carbonyl (C=O) groups is 2. The lowest BCUT2D eigenvalue weighted by molar-refractivity contribution is -0.384. The van der Waals surface area contributed by atoms with Gasteiger partial charge in [0.05, 0.1) is 16.4 Å². The van der Waals surface area contributed by atoms with Crippen LogP contribution in [0.1, 0.15) is 30.1 Å². The molecule has 2 fully saturated rings. The highest BCUT2D eigenvalue weighted by molar-refractivity contribution is 7.91. The van der Waals surface area contributed by atoms with E-state index in [0.717, 1.165) is 25.9 Å². The molecule has 1 atom stereocenters. The van der Waals surface area contributed by atoms with Gasteiger partial charge in [-0.3, -0.25) is 19.7 Å². The number of sulfone groups is 1. The van der Waals surface area contributed by atoms with E-state index in [4.69, 9.17) is 0 Å². The molecule has 2 heterocycles. The zero-order valence-electron chi connectivity index (χ0n) is 16.2. The zero-order valence-corrected chi connectivity index (χ0v) is 17.0. The summed E-state index contributed by atoms with van der Waals surface area (Å²) in [6.45, 7) is 3.18. The SMILES string of the molecule is CC(NC(=O)c1ccc(N2CCCC2)c([N+](=O)[O-])c1)C(=O)N1CCS(=O)(=O)CC1. The molecule has 11 heteroatoms. The van der Waals surface area contributed by atoms with Crippen LogP contribution in [0.4, 0.5) is 11.4 Å². The average molecular weight is 424 g/mol. The van der Waals surface area contributed by atoms with Crippen LogP contribution in [0.5, 0.6) is 0 Å². The molecule has 3 rings (SSSR count). The highest BCUT2D eigenvalue weighted by Gasteiger charge is 2.29. The molecule has 2 aliphatic heterocycles. The maximum atomic E-state index is 12.5. The highest BCUT2D eigenvalue weighted by Crippen LogP contribution is 2.31. The van der Waals surface area contributed by atoms with Crippen molar-refractivity contribution in [2.75, 3.05) is 42.6 Å². The number of hydrogen-bond acceptors (Lipinski definition) is 7. The quantitative estimate of drug-likeness (QED) is 0.540. The average Bonchev–Trinajstić information content (AvgIpc) is 3.21. The second-order valence-corrected chi connectivity index (χ2v) is 9.63. The van der Waals surface area contributed by atoms with Crippen molar-refractivity contribution in [2.24, 2.45) is 0 Å². The first kappa shape index (κ1) is 21.0. The summed E-state index contributed by atoms with van der Waals surface area (Å²) in [6.07, 6.45) is 1.94. The molecule has 1 unspecified atom stereocenters. The third kappa shape index (κ3) is 4.84. The summed E-state index contributed by atoms with van der Waals surface area (Å²) in [6, 6.07) is 3.44. The molecule has 1 aromatic rings. The van der Waals surface area contributed by atoms with Crippen LogP contribution in [0.25, 0.3) is 0 Å². The lowest BCUT2D eigenvalue weighted by Crippen LogP contribution is -2.51. The topological polar surface area (TPSA) is 130 Å². The Hall–Kier alpha value is -2.69. The van der Waals surface area contributed by atoms with Crippen molar-refractivity contribution in [2.45, 2.75) is 25.8 Å². The predicted molar refractivity (Wildman–Crippen MR) is 107 cm³/mol. The normalized spacial score (nSPS) is 19.6. The molecule has 2 aliphatic rings. The van der Waals surface area contributed by atoms with Crippen LogP contribution in [-0.4, -0.2) is 73.8 Å². The fraction of sp³-hybridized carbons (Fsp3) is 0.556. The number of carbonyl (C=O) groups excluding carboxylic acids is 2. The Morgan fingerprint density at radius 3 is 2.34 bits per heavy atom. The van der Waals surface area contributed by atoms with Crippen LogP contribution in [0.15, 0.2) is 18.2 Å². The summed E-state index contributed by atoms with van der Waals surface area (Å²) in [5, 5.41) is 14.0. The number of amides is 2. The molecule has 0 aromatic heterocycles. The maximum Gasteiger partial charge on any atom is 0.293 e. The maximum absolute atomic E-state index is 12.5. The Bertz CT molecular complexity index is 912. The number of rotatable bonds is 5. The van der Waals surface area contributed by atoms with Gasteiger partial charge >= 0.3 is 0 Å². The molecule has 158 valence electrons. The third-order valence-corrected chi connectivity index (χ3v) is 6.86. The standard InChI is InChI=1S/C18H24N4O6S/c1-13(18(24)21-8-10-29(27,28)11-9-21)19-17(23)14-4-5-15(16(12-14)22(25)26)20-6-2-3-7-20/h4-5,12-13H,2-3,6-11H2,1H3,(H,19,23). The third-order valence-electron chi connectivity index (χ3n) is 5.26. The first-order valence-corrected chi connectivity index (χ1v) is 11.3.